The molecule has 0 bridgehead atoms. The zero-order chi connectivity index (χ0) is 15.9. The molecule has 2 rings (SSSR count). The molecule has 0 saturated heterocycles. The average Bonchev–Trinajstić information content (AvgIpc) is 2.63. The van der Waals surface area contributed by atoms with Crippen molar-refractivity contribution in [2.75, 3.05) is 14.1 Å². The highest BCUT2D eigenvalue weighted by atomic mass is 32.1. The lowest BCUT2D eigenvalue weighted by Gasteiger charge is -2.19. The number of Topliss-reactive ketones (excluding diaryl/α,β-unsaturated/α-hetero) is 1. The third kappa shape index (κ3) is 2.78. The summed E-state index contributed by atoms with van der Waals surface area (Å²) >= 11 is 1.54. The second-order valence-electron chi connectivity index (χ2n) is 5.69. The molecule has 6 heteroatoms. The van der Waals surface area contributed by atoms with E-state index < -0.39 is 6.04 Å². The largest absolute Gasteiger partial charge is 0.302 e. The number of thiophene rings is 1. The van der Waals surface area contributed by atoms with E-state index in [0.717, 1.165) is 15.3 Å². The van der Waals surface area contributed by atoms with Gasteiger partial charge < -0.3 is 4.90 Å². The van der Waals surface area contributed by atoms with Gasteiger partial charge in [0.2, 0.25) is 0 Å². The Morgan fingerprint density at radius 1 is 1.38 bits per heavy atom. The summed E-state index contributed by atoms with van der Waals surface area (Å²) in [6, 6.07) is -0.496. The van der Waals surface area contributed by atoms with Gasteiger partial charge >= 0.3 is 0 Å². The Bertz CT molecular complexity index is 758. The van der Waals surface area contributed by atoms with E-state index in [1.165, 1.54) is 18.3 Å². The van der Waals surface area contributed by atoms with E-state index in [4.69, 9.17) is 0 Å². The van der Waals surface area contributed by atoms with Crippen molar-refractivity contribution in [3.05, 3.63) is 26.6 Å². The van der Waals surface area contributed by atoms with Crippen LogP contribution in [-0.4, -0.2) is 34.3 Å². The molecule has 0 aromatic carbocycles. The van der Waals surface area contributed by atoms with Gasteiger partial charge in [-0.3, -0.25) is 14.2 Å². The number of fused-ring (bicyclic) bond motifs is 1. The topological polar surface area (TPSA) is 55.2 Å². The quantitative estimate of drug-likeness (QED) is 0.869. The minimum absolute atomic E-state index is 0.0390. The Balaban J connectivity index is 2.83. The minimum atomic E-state index is -0.496. The number of carbonyl (C=O) groups is 1. The SMILES string of the molecule is CC(=O)C(C)n1c(CN(C)C)nc2sc(C)c(C)c2c1=O. The van der Waals surface area contributed by atoms with Crippen LogP contribution < -0.4 is 5.56 Å². The van der Waals surface area contributed by atoms with Crippen LogP contribution in [0.2, 0.25) is 0 Å². The molecule has 2 aromatic heterocycles. The molecule has 0 amide bonds. The maximum absolute atomic E-state index is 12.9. The van der Waals surface area contributed by atoms with Crippen molar-refractivity contribution < 1.29 is 4.79 Å². The van der Waals surface area contributed by atoms with Crippen molar-refractivity contribution in [3.8, 4) is 0 Å². The van der Waals surface area contributed by atoms with E-state index in [0.29, 0.717) is 17.8 Å². The molecule has 0 aliphatic carbocycles. The Morgan fingerprint density at radius 3 is 2.52 bits per heavy atom. The fourth-order valence-corrected chi connectivity index (χ4v) is 3.36. The van der Waals surface area contributed by atoms with Gasteiger partial charge in [0.05, 0.1) is 18.0 Å². The van der Waals surface area contributed by atoms with Crippen molar-refractivity contribution in [2.24, 2.45) is 0 Å². The van der Waals surface area contributed by atoms with Gasteiger partial charge in [-0.1, -0.05) is 0 Å². The Morgan fingerprint density at radius 2 is 2.00 bits per heavy atom. The fourth-order valence-electron chi connectivity index (χ4n) is 2.32. The van der Waals surface area contributed by atoms with Gasteiger partial charge in [-0.05, 0) is 47.4 Å². The van der Waals surface area contributed by atoms with Gasteiger partial charge in [-0.25, -0.2) is 4.98 Å². The molecule has 114 valence electrons. The van der Waals surface area contributed by atoms with E-state index in [9.17, 15) is 9.59 Å². The molecule has 21 heavy (non-hydrogen) atoms. The number of nitrogens with zero attached hydrogens (tertiary/aromatic N) is 3. The molecule has 0 spiro atoms. The number of hydrogen-bond donors (Lipinski definition) is 0. The van der Waals surface area contributed by atoms with Gasteiger partial charge in [0.15, 0.2) is 5.78 Å². The first-order valence-corrected chi connectivity index (χ1v) is 7.72. The average molecular weight is 307 g/mol. The van der Waals surface area contributed by atoms with E-state index in [2.05, 4.69) is 4.98 Å². The third-order valence-electron chi connectivity index (χ3n) is 3.74. The summed E-state index contributed by atoms with van der Waals surface area (Å²) in [6.07, 6.45) is 0. The minimum Gasteiger partial charge on any atom is -0.302 e. The molecule has 1 atom stereocenters. The second-order valence-corrected chi connectivity index (χ2v) is 6.89. The van der Waals surface area contributed by atoms with Gasteiger partial charge in [0.1, 0.15) is 10.7 Å². The summed E-state index contributed by atoms with van der Waals surface area (Å²) in [6.45, 7) is 7.72. The molecular weight excluding hydrogens is 286 g/mol. The maximum atomic E-state index is 12.9. The van der Waals surface area contributed by atoms with Crippen molar-refractivity contribution >= 4 is 27.3 Å². The Hall–Kier alpha value is -1.53. The number of carbonyl (C=O) groups excluding carboxylic acids is 1. The first-order valence-electron chi connectivity index (χ1n) is 6.90. The standard InChI is InChI=1S/C15H21N3O2S/c1-8-11(4)21-14-13(8)15(20)18(9(2)10(3)19)12(16-14)7-17(5)6/h9H,7H2,1-6H3. The van der Waals surface area contributed by atoms with E-state index >= 15 is 0 Å². The Kier molecular flexibility index (Phi) is 4.30. The van der Waals surface area contributed by atoms with Crippen molar-refractivity contribution in [3.63, 3.8) is 0 Å². The smallest absolute Gasteiger partial charge is 0.263 e. The van der Waals surface area contributed by atoms with Crippen LogP contribution in [0.25, 0.3) is 10.2 Å². The summed E-state index contributed by atoms with van der Waals surface area (Å²) in [5, 5.41) is 0.646. The molecule has 5 nitrogen and oxygen atoms in total. The van der Waals surface area contributed by atoms with Gasteiger partial charge in [0, 0.05) is 4.88 Å². The molecule has 1 unspecified atom stereocenters. The van der Waals surface area contributed by atoms with Crippen LogP contribution in [0.1, 0.15) is 36.2 Å². The lowest BCUT2D eigenvalue weighted by atomic mass is 10.2. The van der Waals surface area contributed by atoms with Crippen LogP contribution in [0.3, 0.4) is 0 Å². The maximum Gasteiger partial charge on any atom is 0.263 e. The molecule has 0 radical (unpaired) electrons. The zero-order valence-corrected chi connectivity index (χ0v) is 14.2. The number of aryl methyl sites for hydroxylation is 2. The molecule has 0 aliphatic heterocycles. The Labute approximate surface area is 128 Å². The van der Waals surface area contributed by atoms with Crippen molar-refractivity contribution in [1.29, 1.82) is 0 Å². The summed E-state index contributed by atoms with van der Waals surface area (Å²) in [5.41, 5.74) is 0.856. The third-order valence-corrected chi connectivity index (χ3v) is 4.84. The summed E-state index contributed by atoms with van der Waals surface area (Å²) < 4.78 is 1.55. The number of rotatable bonds is 4. The zero-order valence-electron chi connectivity index (χ0n) is 13.4. The van der Waals surface area contributed by atoms with Crippen LogP contribution in [-0.2, 0) is 11.3 Å². The molecule has 0 N–H and O–H groups in total. The molecule has 0 aliphatic rings. The highest BCUT2D eigenvalue weighted by molar-refractivity contribution is 7.18. The molecule has 0 saturated carbocycles. The van der Waals surface area contributed by atoms with E-state index in [-0.39, 0.29) is 11.3 Å². The lowest BCUT2D eigenvalue weighted by molar-refractivity contribution is -0.119. The van der Waals surface area contributed by atoms with Gasteiger partial charge in [-0.15, -0.1) is 11.3 Å². The van der Waals surface area contributed by atoms with Crippen LogP contribution in [0, 0.1) is 13.8 Å². The van der Waals surface area contributed by atoms with Gasteiger partial charge in [0.25, 0.3) is 5.56 Å². The number of aromatic nitrogens is 2. The predicted octanol–water partition coefficient (Wildman–Crippen LogP) is 2.29. The monoisotopic (exact) mass is 307 g/mol. The van der Waals surface area contributed by atoms with E-state index in [1.807, 2.05) is 32.8 Å². The van der Waals surface area contributed by atoms with Crippen LogP contribution >= 0.6 is 11.3 Å². The van der Waals surface area contributed by atoms with Crippen molar-refractivity contribution in [1.82, 2.24) is 14.5 Å². The van der Waals surface area contributed by atoms with Crippen LogP contribution in [0.5, 0.6) is 0 Å². The number of ketones is 1. The van der Waals surface area contributed by atoms with Crippen LogP contribution in [0.15, 0.2) is 4.79 Å². The molecule has 2 heterocycles. The molecule has 2 aromatic rings. The van der Waals surface area contributed by atoms with Crippen LogP contribution in [0.4, 0.5) is 0 Å². The van der Waals surface area contributed by atoms with E-state index in [1.54, 1.807) is 11.5 Å². The number of hydrogen-bond acceptors (Lipinski definition) is 5. The van der Waals surface area contributed by atoms with Crippen molar-refractivity contribution in [2.45, 2.75) is 40.3 Å². The summed E-state index contributed by atoms with van der Waals surface area (Å²) in [4.78, 5) is 33.1. The van der Waals surface area contributed by atoms with Gasteiger partial charge in [-0.2, -0.15) is 0 Å². The summed E-state index contributed by atoms with van der Waals surface area (Å²) in [5.74, 6) is 0.601. The second kappa shape index (κ2) is 5.69. The molecular formula is C15H21N3O2S. The fraction of sp³-hybridized carbons (Fsp3) is 0.533. The highest BCUT2D eigenvalue weighted by Gasteiger charge is 2.21. The lowest BCUT2D eigenvalue weighted by Crippen LogP contribution is -2.33. The predicted molar refractivity (Wildman–Crippen MR) is 86.1 cm³/mol. The highest BCUT2D eigenvalue weighted by Crippen LogP contribution is 2.27. The molecule has 0 fully saturated rings. The summed E-state index contributed by atoms with van der Waals surface area (Å²) in [7, 11) is 3.84. The first kappa shape index (κ1) is 15.9. The first-order chi connectivity index (χ1) is 9.73. The normalized spacial score (nSPS) is 13.1.